The summed E-state index contributed by atoms with van der Waals surface area (Å²) in [5.41, 5.74) is 0.467. The predicted octanol–water partition coefficient (Wildman–Crippen LogP) is 4.54. The van der Waals surface area contributed by atoms with Gasteiger partial charge in [0.25, 0.3) is 0 Å². The summed E-state index contributed by atoms with van der Waals surface area (Å²) < 4.78 is 32.0. The van der Waals surface area contributed by atoms with E-state index in [4.69, 9.17) is 0 Å². The Hall–Kier alpha value is 0.1000. The Morgan fingerprint density at radius 3 is 1.29 bits per heavy atom. The summed E-state index contributed by atoms with van der Waals surface area (Å²) in [5, 5.41) is 0. The van der Waals surface area contributed by atoms with E-state index in [0.29, 0.717) is 11.2 Å². The van der Waals surface area contributed by atoms with Gasteiger partial charge in [0.05, 0.1) is 5.75 Å². The zero-order valence-electron chi connectivity index (χ0n) is 13.9. The van der Waals surface area contributed by atoms with E-state index in [1.54, 1.807) is 6.26 Å². The molecule has 1 unspecified atom stereocenters. The van der Waals surface area contributed by atoms with Crippen molar-refractivity contribution >= 4 is 20.6 Å². The Balaban J connectivity index is -0.000000126. The molecular weight excluding hydrogens is 304 g/mol. The number of sulfone groups is 1. The van der Waals surface area contributed by atoms with Gasteiger partial charge in [-0.25, -0.2) is 8.42 Å². The van der Waals surface area contributed by atoms with Crippen LogP contribution in [-0.4, -0.2) is 36.6 Å². The van der Waals surface area contributed by atoms with Crippen molar-refractivity contribution in [2.75, 3.05) is 24.0 Å². The molecule has 134 valence electrons. The predicted molar refractivity (Wildman–Crippen MR) is 100 cm³/mol. The fraction of sp³-hybridized carbons (Fsp3) is 1.00. The first-order valence-corrected chi connectivity index (χ1v) is 10.4. The monoisotopic (exact) mass is 344 g/mol. The average molecular weight is 345 g/mol. The van der Waals surface area contributed by atoms with Crippen LogP contribution in [0.3, 0.4) is 0 Å². The molecule has 0 aliphatic carbocycles. The van der Waals surface area contributed by atoms with E-state index in [2.05, 4.69) is 20.8 Å². The lowest BCUT2D eigenvalue weighted by Crippen LogP contribution is -2.13. The molecule has 0 amide bonds. The van der Waals surface area contributed by atoms with E-state index in [0.717, 1.165) is 18.6 Å². The molecular formula is C16H40O3S2. The fourth-order valence-corrected chi connectivity index (χ4v) is 2.82. The van der Waals surface area contributed by atoms with Crippen LogP contribution in [0.25, 0.3) is 0 Å². The normalized spacial score (nSPS) is 13.1. The summed E-state index contributed by atoms with van der Waals surface area (Å²) in [6.07, 6.45) is 4.83. The van der Waals surface area contributed by atoms with E-state index in [1.165, 1.54) is 6.26 Å². The van der Waals surface area contributed by atoms with Gasteiger partial charge in [-0.1, -0.05) is 56.4 Å². The second kappa shape index (κ2) is 11.6. The third-order valence-corrected chi connectivity index (χ3v) is 4.09. The van der Waals surface area contributed by atoms with E-state index < -0.39 is 20.6 Å². The summed E-state index contributed by atoms with van der Waals surface area (Å²) in [7, 11) is -3.37. The first kappa shape index (κ1) is 29.2. The number of rotatable bonds is 4. The Kier molecular flexibility index (Phi) is 16.2. The smallest absolute Gasteiger partial charge is 0.147 e. The average Bonchev–Trinajstić information content (AvgIpc) is 2.10. The van der Waals surface area contributed by atoms with Crippen molar-refractivity contribution in [3.63, 3.8) is 0 Å². The van der Waals surface area contributed by atoms with Crippen molar-refractivity contribution in [2.45, 2.75) is 69.2 Å². The highest BCUT2D eigenvalue weighted by Gasteiger charge is 2.13. The maximum absolute atomic E-state index is 10.7. The molecule has 0 aliphatic heterocycles. The minimum absolute atomic E-state index is 0. The van der Waals surface area contributed by atoms with Crippen LogP contribution in [0.1, 0.15) is 69.2 Å². The third kappa shape index (κ3) is 38.4. The van der Waals surface area contributed by atoms with E-state index in [1.807, 2.05) is 20.8 Å². The molecule has 5 heteroatoms. The van der Waals surface area contributed by atoms with Crippen molar-refractivity contribution in [1.82, 2.24) is 0 Å². The molecule has 0 bridgehead atoms. The highest BCUT2D eigenvalue weighted by Crippen LogP contribution is 2.19. The first-order valence-electron chi connectivity index (χ1n) is 6.60. The van der Waals surface area contributed by atoms with Crippen molar-refractivity contribution in [2.24, 2.45) is 10.8 Å². The molecule has 0 rings (SSSR count). The molecule has 0 radical (unpaired) electrons. The van der Waals surface area contributed by atoms with Gasteiger partial charge in [-0.15, -0.1) is 0 Å². The molecule has 0 N–H and O–H groups in total. The van der Waals surface area contributed by atoms with Gasteiger partial charge in [-0.05, 0) is 23.7 Å². The molecule has 3 nitrogen and oxygen atoms in total. The number of hydrogen-bond donors (Lipinski definition) is 0. The lowest BCUT2D eigenvalue weighted by Gasteiger charge is -2.16. The zero-order valence-corrected chi connectivity index (χ0v) is 15.5. The lowest BCUT2D eigenvalue weighted by atomic mass is 9.94. The standard InChI is InChI=1S/C7H16O2S.C7H16OS.2CH4/c1-7(2,3)5-6-10(4,8)9;1-7(2,3)5-6-9(4)8;;/h5-6H2,1-4H3;5-6H2,1-4H3;2*1H4. The quantitative estimate of drug-likeness (QED) is 0.752. The van der Waals surface area contributed by atoms with Gasteiger partial charge in [0.15, 0.2) is 0 Å². The van der Waals surface area contributed by atoms with Crippen molar-refractivity contribution in [3.8, 4) is 0 Å². The summed E-state index contributed by atoms with van der Waals surface area (Å²) in [6.45, 7) is 12.6. The van der Waals surface area contributed by atoms with Gasteiger partial charge in [-0.2, -0.15) is 0 Å². The van der Waals surface area contributed by atoms with Crippen LogP contribution in [0.15, 0.2) is 0 Å². The second-order valence-electron chi connectivity index (χ2n) is 7.53. The molecule has 0 spiro atoms. The SMILES string of the molecule is C.C.CC(C)(C)CCS(C)(=O)=O.CS(=O)CCC(C)(C)C. The Morgan fingerprint density at radius 1 is 0.857 bits per heavy atom. The molecule has 1 atom stereocenters. The molecule has 0 aromatic carbocycles. The molecule has 0 saturated carbocycles. The van der Waals surface area contributed by atoms with Gasteiger partial charge >= 0.3 is 0 Å². The molecule has 0 aliphatic rings. The van der Waals surface area contributed by atoms with Crippen LogP contribution < -0.4 is 0 Å². The first-order chi connectivity index (χ1) is 8.12. The largest absolute Gasteiger partial charge is 0.260 e. The minimum atomic E-state index is -2.76. The van der Waals surface area contributed by atoms with Gasteiger partial charge in [0.2, 0.25) is 0 Å². The van der Waals surface area contributed by atoms with E-state index >= 15 is 0 Å². The Labute approximate surface area is 137 Å². The topological polar surface area (TPSA) is 51.2 Å². The van der Waals surface area contributed by atoms with Crippen molar-refractivity contribution in [3.05, 3.63) is 0 Å². The third-order valence-electron chi connectivity index (χ3n) is 2.36. The van der Waals surface area contributed by atoms with Crippen LogP contribution in [0.5, 0.6) is 0 Å². The zero-order chi connectivity index (χ0) is 15.9. The Bertz CT molecular complexity index is 358. The Morgan fingerprint density at radius 2 is 1.19 bits per heavy atom. The number of hydrogen-bond acceptors (Lipinski definition) is 3. The van der Waals surface area contributed by atoms with Crippen molar-refractivity contribution in [1.29, 1.82) is 0 Å². The second-order valence-corrected chi connectivity index (χ2v) is 11.3. The van der Waals surface area contributed by atoms with Crippen LogP contribution in [0.4, 0.5) is 0 Å². The molecule has 0 aromatic heterocycles. The van der Waals surface area contributed by atoms with Gasteiger partial charge in [-0.3, -0.25) is 4.21 Å². The molecule has 0 fully saturated rings. The van der Waals surface area contributed by atoms with E-state index in [-0.39, 0.29) is 20.3 Å². The summed E-state index contributed by atoms with van der Waals surface area (Å²) >= 11 is 0. The lowest BCUT2D eigenvalue weighted by molar-refractivity contribution is 0.397. The highest BCUT2D eigenvalue weighted by molar-refractivity contribution is 7.90. The molecule has 21 heavy (non-hydrogen) atoms. The van der Waals surface area contributed by atoms with Gasteiger partial charge in [0.1, 0.15) is 9.84 Å². The highest BCUT2D eigenvalue weighted by atomic mass is 32.2. The van der Waals surface area contributed by atoms with Gasteiger partial charge in [0, 0.05) is 29.1 Å². The van der Waals surface area contributed by atoms with Gasteiger partial charge < -0.3 is 0 Å². The van der Waals surface area contributed by atoms with Crippen molar-refractivity contribution < 1.29 is 12.6 Å². The van der Waals surface area contributed by atoms with Crippen LogP contribution in [0, 0.1) is 10.8 Å². The summed E-state index contributed by atoms with van der Waals surface area (Å²) in [6, 6.07) is 0. The maximum Gasteiger partial charge on any atom is 0.147 e. The fourth-order valence-electron chi connectivity index (χ4n) is 0.941. The summed E-state index contributed by atoms with van der Waals surface area (Å²) in [4.78, 5) is 0. The maximum atomic E-state index is 10.7. The molecule has 0 saturated heterocycles. The van der Waals surface area contributed by atoms with Crippen LogP contribution >= 0.6 is 0 Å². The van der Waals surface area contributed by atoms with Crippen LogP contribution in [0.2, 0.25) is 0 Å². The van der Waals surface area contributed by atoms with Crippen LogP contribution in [-0.2, 0) is 20.6 Å². The minimum Gasteiger partial charge on any atom is -0.260 e. The van der Waals surface area contributed by atoms with E-state index in [9.17, 15) is 12.6 Å². The molecule has 0 aromatic rings. The summed E-state index contributed by atoms with van der Waals surface area (Å²) in [5.74, 6) is 1.14. The molecule has 0 heterocycles.